The summed E-state index contributed by atoms with van der Waals surface area (Å²) in [4.78, 5) is 12.5. The molecule has 3 heterocycles. The third-order valence-corrected chi connectivity index (χ3v) is 5.24. The van der Waals surface area contributed by atoms with E-state index >= 15 is 0 Å². The van der Waals surface area contributed by atoms with E-state index in [1.165, 1.54) is 16.8 Å². The number of hydrogen-bond acceptors (Lipinski definition) is 5. The van der Waals surface area contributed by atoms with E-state index in [1.54, 1.807) is 0 Å². The van der Waals surface area contributed by atoms with Crippen molar-refractivity contribution >= 4 is 5.91 Å². The summed E-state index contributed by atoms with van der Waals surface area (Å²) in [6, 6.07) is 4.10. The standard InChI is InChI=1S/C20H20F6N4O3/c21-19(22,23)10-27-4-3-14-8-30-17(33-14)7-15(29-30)18(31)28-13-6-11-5-12(20(24,25)26)1-2-16(11)32-9-13/h1-2,5,7,13-14,27H,3-4,6,8-10H2,(H,28,31)/t13-,14+/m1/s1. The average molecular weight is 478 g/mol. The maximum absolute atomic E-state index is 12.9. The maximum Gasteiger partial charge on any atom is 0.416 e. The summed E-state index contributed by atoms with van der Waals surface area (Å²) in [5, 5.41) is 9.14. The van der Waals surface area contributed by atoms with Crippen LogP contribution in [0.1, 0.15) is 28.0 Å². The lowest BCUT2D eigenvalue weighted by Gasteiger charge is -2.26. The molecular formula is C20H20F6N4O3. The molecule has 33 heavy (non-hydrogen) atoms. The van der Waals surface area contributed by atoms with Crippen molar-refractivity contribution in [2.24, 2.45) is 0 Å². The Bertz CT molecular complexity index is 997. The van der Waals surface area contributed by atoms with Gasteiger partial charge < -0.3 is 20.1 Å². The van der Waals surface area contributed by atoms with Gasteiger partial charge in [0.1, 0.15) is 18.5 Å². The van der Waals surface area contributed by atoms with Gasteiger partial charge in [-0.25, -0.2) is 4.68 Å². The van der Waals surface area contributed by atoms with Crippen molar-refractivity contribution in [2.75, 3.05) is 19.7 Å². The Morgan fingerprint density at radius 1 is 1.18 bits per heavy atom. The first kappa shape index (κ1) is 23.2. The number of carbonyl (C=O) groups is 1. The van der Waals surface area contributed by atoms with Crippen LogP contribution in [0.2, 0.25) is 0 Å². The normalized spacial score (nSPS) is 19.9. The van der Waals surface area contributed by atoms with Crippen molar-refractivity contribution in [1.82, 2.24) is 20.4 Å². The number of nitrogens with zero attached hydrogens (tertiary/aromatic N) is 2. The molecule has 0 saturated heterocycles. The number of amides is 1. The second-order valence-corrected chi connectivity index (χ2v) is 7.88. The Balaban J connectivity index is 1.29. The summed E-state index contributed by atoms with van der Waals surface area (Å²) in [6.45, 7) is -0.583. The second kappa shape index (κ2) is 8.76. The lowest BCUT2D eigenvalue weighted by atomic mass is 10.00. The molecule has 2 atom stereocenters. The van der Waals surface area contributed by atoms with Crippen LogP contribution in [-0.4, -0.2) is 53.7 Å². The zero-order chi connectivity index (χ0) is 23.8. The molecule has 0 aliphatic carbocycles. The number of hydrogen-bond donors (Lipinski definition) is 2. The van der Waals surface area contributed by atoms with Crippen molar-refractivity contribution in [1.29, 1.82) is 0 Å². The Morgan fingerprint density at radius 3 is 2.67 bits per heavy atom. The number of fused-ring (bicyclic) bond motifs is 2. The van der Waals surface area contributed by atoms with Crippen molar-refractivity contribution in [3.63, 3.8) is 0 Å². The highest BCUT2D eigenvalue weighted by Gasteiger charge is 2.33. The van der Waals surface area contributed by atoms with Gasteiger partial charge in [-0.15, -0.1) is 0 Å². The highest BCUT2D eigenvalue weighted by molar-refractivity contribution is 5.92. The van der Waals surface area contributed by atoms with E-state index in [2.05, 4.69) is 15.7 Å². The van der Waals surface area contributed by atoms with Gasteiger partial charge in [-0.1, -0.05) is 0 Å². The minimum Gasteiger partial charge on any atom is -0.491 e. The molecule has 1 aromatic heterocycles. The molecule has 0 bridgehead atoms. The van der Waals surface area contributed by atoms with Crippen LogP contribution < -0.4 is 20.1 Å². The largest absolute Gasteiger partial charge is 0.491 e. The molecule has 7 nitrogen and oxygen atoms in total. The molecule has 2 aliphatic rings. The first-order chi connectivity index (χ1) is 15.5. The highest BCUT2D eigenvalue weighted by atomic mass is 19.4. The first-order valence-electron chi connectivity index (χ1n) is 10.1. The van der Waals surface area contributed by atoms with Crippen LogP contribution in [0.5, 0.6) is 11.6 Å². The summed E-state index contributed by atoms with van der Waals surface area (Å²) in [5.41, 5.74) is -0.379. The van der Waals surface area contributed by atoms with Crippen LogP contribution in [0.25, 0.3) is 0 Å². The van der Waals surface area contributed by atoms with Crippen LogP contribution in [-0.2, 0) is 19.1 Å². The van der Waals surface area contributed by atoms with Gasteiger partial charge >= 0.3 is 12.4 Å². The Morgan fingerprint density at radius 2 is 1.97 bits per heavy atom. The summed E-state index contributed by atoms with van der Waals surface area (Å²) in [5.74, 6) is 0.132. The molecule has 0 fully saturated rings. The zero-order valence-corrected chi connectivity index (χ0v) is 17.1. The summed E-state index contributed by atoms with van der Waals surface area (Å²) < 4.78 is 87.8. The van der Waals surface area contributed by atoms with Crippen molar-refractivity contribution in [3.05, 3.63) is 41.1 Å². The van der Waals surface area contributed by atoms with E-state index in [0.717, 1.165) is 12.1 Å². The van der Waals surface area contributed by atoms with Gasteiger partial charge in [0.15, 0.2) is 5.69 Å². The van der Waals surface area contributed by atoms with E-state index in [9.17, 15) is 31.1 Å². The van der Waals surface area contributed by atoms with E-state index in [0.29, 0.717) is 23.6 Å². The van der Waals surface area contributed by atoms with Crippen LogP contribution >= 0.6 is 0 Å². The predicted octanol–water partition coefficient (Wildman–Crippen LogP) is 2.94. The van der Waals surface area contributed by atoms with Gasteiger partial charge in [0.05, 0.1) is 24.7 Å². The lowest BCUT2D eigenvalue weighted by Crippen LogP contribution is -2.43. The minimum atomic E-state index is -4.48. The van der Waals surface area contributed by atoms with Crippen LogP contribution in [0, 0.1) is 0 Å². The number of ether oxygens (including phenoxy) is 2. The fraction of sp³-hybridized carbons (Fsp3) is 0.500. The fourth-order valence-corrected chi connectivity index (χ4v) is 3.70. The molecule has 2 aromatic rings. The third kappa shape index (κ3) is 5.70. The van der Waals surface area contributed by atoms with Gasteiger partial charge in [0.25, 0.3) is 5.91 Å². The average Bonchev–Trinajstić information content (AvgIpc) is 3.28. The van der Waals surface area contributed by atoms with Crippen molar-refractivity contribution < 1.29 is 40.6 Å². The molecule has 2 N–H and O–H groups in total. The number of aromatic nitrogens is 2. The number of benzene rings is 1. The highest BCUT2D eigenvalue weighted by Crippen LogP contribution is 2.34. The Labute approximate surface area is 184 Å². The Hall–Kier alpha value is -2.96. The fourth-order valence-electron chi connectivity index (χ4n) is 3.70. The van der Waals surface area contributed by atoms with Crippen LogP contribution in [0.3, 0.4) is 0 Å². The van der Waals surface area contributed by atoms with Gasteiger partial charge in [0, 0.05) is 6.07 Å². The van der Waals surface area contributed by atoms with Gasteiger partial charge in [-0.2, -0.15) is 31.4 Å². The summed E-state index contributed by atoms with van der Waals surface area (Å²) in [6.07, 6.45) is -8.62. The number of alkyl halides is 6. The van der Waals surface area contributed by atoms with E-state index in [-0.39, 0.29) is 37.9 Å². The maximum atomic E-state index is 12.9. The van der Waals surface area contributed by atoms with Gasteiger partial charge in [-0.05, 0) is 43.1 Å². The topological polar surface area (TPSA) is 77.4 Å². The van der Waals surface area contributed by atoms with E-state index in [4.69, 9.17) is 9.47 Å². The Kier molecular flexibility index (Phi) is 6.16. The molecule has 0 spiro atoms. The lowest BCUT2D eigenvalue weighted by molar-refractivity contribution is -0.137. The SMILES string of the molecule is O=C(N[C@H]1COc2ccc(C(F)(F)F)cc2C1)c1cc2n(n1)C[C@H](CCNCC(F)(F)F)O2. The van der Waals surface area contributed by atoms with Crippen LogP contribution in [0.15, 0.2) is 24.3 Å². The molecule has 0 radical (unpaired) electrons. The van der Waals surface area contributed by atoms with Gasteiger partial charge in [-0.3, -0.25) is 4.79 Å². The molecule has 0 saturated carbocycles. The number of rotatable bonds is 6. The predicted molar refractivity (Wildman–Crippen MR) is 102 cm³/mol. The third-order valence-electron chi connectivity index (χ3n) is 5.24. The molecule has 180 valence electrons. The van der Waals surface area contributed by atoms with Crippen molar-refractivity contribution in [3.8, 4) is 11.6 Å². The molecule has 4 rings (SSSR count). The monoisotopic (exact) mass is 478 g/mol. The molecule has 2 aliphatic heterocycles. The molecule has 1 amide bonds. The number of carbonyl (C=O) groups excluding carboxylic acids is 1. The number of halogens is 6. The molecule has 0 unspecified atom stereocenters. The number of nitrogens with one attached hydrogen (secondary N) is 2. The van der Waals surface area contributed by atoms with E-state index < -0.39 is 36.4 Å². The second-order valence-electron chi connectivity index (χ2n) is 7.88. The van der Waals surface area contributed by atoms with E-state index in [1.807, 2.05) is 0 Å². The molecular weight excluding hydrogens is 458 g/mol. The summed E-state index contributed by atoms with van der Waals surface area (Å²) in [7, 11) is 0. The zero-order valence-electron chi connectivity index (χ0n) is 17.1. The first-order valence-corrected chi connectivity index (χ1v) is 10.1. The van der Waals surface area contributed by atoms with Crippen molar-refractivity contribution in [2.45, 2.75) is 43.9 Å². The summed E-state index contributed by atoms with van der Waals surface area (Å²) >= 11 is 0. The molecule has 13 heteroatoms. The van der Waals surface area contributed by atoms with Gasteiger partial charge in [0.2, 0.25) is 5.88 Å². The quantitative estimate of drug-likeness (QED) is 0.493. The molecule has 1 aromatic carbocycles. The minimum absolute atomic E-state index is 0.0634. The van der Waals surface area contributed by atoms with Crippen LogP contribution in [0.4, 0.5) is 26.3 Å². The smallest absolute Gasteiger partial charge is 0.416 e.